The number of nitrogens with two attached hydrogens (primary N) is 1. The smallest absolute Gasteiger partial charge is 0.140 e. The first-order valence-corrected chi connectivity index (χ1v) is 7.82. The van der Waals surface area contributed by atoms with Crippen LogP contribution in [0.25, 0.3) is 0 Å². The Morgan fingerprint density at radius 1 is 1.05 bits per heavy atom. The summed E-state index contributed by atoms with van der Waals surface area (Å²) >= 11 is 0. The van der Waals surface area contributed by atoms with E-state index < -0.39 is 0 Å². The van der Waals surface area contributed by atoms with E-state index in [1.807, 2.05) is 0 Å². The summed E-state index contributed by atoms with van der Waals surface area (Å²) in [6, 6.07) is 0.520. The Labute approximate surface area is 119 Å². The summed E-state index contributed by atoms with van der Waals surface area (Å²) in [5.41, 5.74) is 5.52. The number of amidine groups is 1. The van der Waals surface area contributed by atoms with Gasteiger partial charge in [0.25, 0.3) is 0 Å². The van der Waals surface area contributed by atoms with Crippen molar-refractivity contribution in [2.24, 2.45) is 10.9 Å². The van der Waals surface area contributed by atoms with Gasteiger partial charge >= 0.3 is 0 Å². The Kier molecular flexibility index (Phi) is 11.8. The number of nitrogens with zero attached hydrogens (tertiary/aromatic N) is 2. The van der Waals surface area contributed by atoms with Crippen LogP contribution in [-0.2, 0) is 0 Å². The quantitative estimate of drug-likeness (QED) is 0.187. The second kappa shape index (κ2) is 12.3. The van der Waals surface area contributed by atoms with Crippen LogP contribution in [-0.4, -0.2) is 35.1 Å². The van der Waals surface area contributed by atoms with E-state index in [1.165, 1.54) is 44.9 Å². The molecule has 0 aromatic carbocycles. The van der Waals surface area contributed by atoms with Crippen molar-refractivity contribution in [2.45, 2.75) is 78.2 Å². The molecule has 0 spiro atoms. The van der Waals surface area contributed by atoms with Crippen LogP contribution < -0.4 is 5.73 Å². The third-order valence-corrected chi connectivity index (χ3v) is 3.56. The standard InChI is InChI=1S/C15H33N3O/c1-4-5-6-7-8-9-10-12-18(14(2)3)13-11-15(16)17-19/h14,19H,4-13H2,1-3H3,(H2,16,17). The molecule has 0 rings (SSSR count). The zero-order valence-corrected chi connectivity index (χ0v) is 13.1. The van der Waals surface area contributed by atoms with Crippen LogP contribution in [0.5, 0.6) is 0 Å². The molecule has 0 unspecified atom stereocenters. The normalized spacial score (nSPS) is 12.6. The average molecular weight is 271 g/mol. The molecule has 0 atom stereocenters. The van der Waals surface area contributed by atoms with Crippen LogP contribution in [0.15, 0.2) is 5.16 Å². The molecule has 0 fully saturated rings. The lowest BCUT2D eigenvalue weighted by atomic mass is 10.1. The lowest BCUT2D eigenvalue weighted by molar-refractivity contribution is 0.221. The van der Waals surface area contributed by atoms with Gasteiger partial charge in [-0.2, -0.15) is 0 Å². The van der Waals surface area contributed by atoms with E-state index in [4.69, 9.17) is 10.9 Å². The van der Waals surface area contributed by atoms with E-state index in [-0.39, 0.29) is 0 Å². The molecule has 0 amide bonds. The van der Waals surface area contributed by atoms with Crippen molar-refractivity contribution >= 4 is 5.84 Å². The first kappa shape index (κ1) is 18.2. The van der Waals surface area contributed by atoms with Gasteiger partial charge in [-0.3, -0.25) is 0 Å². The molecule has 0 aliphatic heterocycles. The Morgan fingerprint density at radius 3 is 2.16 bits per heavy atom. The predicted molar refractivity (Wildman–Crippen MR) is 82.7 cm³/mol. The molecular weight excluding hydrogens is 238 g/mol. The van der Waals surface area contributed by atoms with Crippen LogP contribution in [0.4, 0.5) is 0 Å². The number of unbranched alkanes of at least 4 members (excludes halogenated alkanes) is 6. The second-order valence-electron chi connectivity index (χ2n) is 5.59. The summed E-state index contributed by atoms with van der Waals surface area (Å²) in [5.74, 6) is 0.324. The van der Waals surface area contributed by atoms with Gasteiger partial charge < -0.3 is 15.8 Å². The number of rotatable bonds is 12. The Bertz CT molecular complexity index is 229. The fourth-order valence-electron chi connectivity index (χ4n) is 2.21. The Balaban J connectivity index is 3.65. The molecule has 0 aliphatic carbocycles. The van der Waals surface area contributed by atoms with Crippen molar-refractivity contribution in [1.82, 2.24) is 4.90 Å². The molecule has 0 heterocycles. The van der Waals surface area contributed by atoms with Crippen molar-refractivity contribution in [3.63, 3.8) is 0 Å². The van der Waals surface area contributed by atoms with Crippen molar-refractivity contribution in [3.05, 3.63) is 0 Å². The molecule has 19 heavy (non-hydrogen) atoms. The lowest BCUT2D eigenvalue weighted by Crippen LogP contribution is -2.34. The highest BCUT2D eigenvalue weighted by Crippen LogP contribution is 2.09. The van der Waals surface area contributed by atoms with Gasteiger partial charge in [-0.25, -0.2) is 0 Å². The van der Waals surface area contributed by atoms with Gasteiger partial charge in [0.15, 0.2) is 0 Å². The van der Waals surface area contributed by atoms with Crippen LogP contribution >= 0.6 is 0 Å². The molecule has 3 N–H and O–H groups in total. The molecule has 0 radical (unpaired) electrons. The van der Waals surface area contributed by atoms with Gasteiger partial charge in [-0.05, 0) is 26.8 Å². The average Bonchev–Trinajstić information content (AvgIpc) is 2.40. The molecule has 0 aliphatic rings. The molecule has 0 bridgehead atoms. The van der Waals surface area contributed by atoms with E-state index >= 15 is 0 Å². The van der Waals surface area contributed by atoms with Crippen molar-refractivity contribution < 1.29 is 5.21 Å². The molecular formula is C15H33N3O. The summed E-state index contributed by atoms with van der Waals surface area (Å²) in [6.07, 6.45) is 10.0. The van der Waals surface area contributed by atoms with E-state index in [1.54, 1.807) is 0 Å². The third kappa shape index (κ3) is 10.8. The van der Waals surface area contributed by atoms with E-state index in [0.29, 0.717) is 18.3 Å². The minimum atomic E-state index is 0.324. The van der Waals surface area contributed by atoms with Gasteiger partial charge in [0.1, 0.15) is 5.84 Å². The zero-order valence-electron chi connectivity index (χ0n) is 13.1. The first-order valence-electron chi connectivity index (χ1n) is 7.82. The maximum atomic E-state index is 8.55. The summed E-state index contributed by atoms with van der Waals surface area (Å²) in [4.78, 5) is 2.41. The van der Waals surface area contributed by atoms with Crippen molar-refractivity contribution in [3.8, 4) is 0 Å². The highest BCUT2D eigenvalue weighted by atomic mass is 16.4. The van der Waals surface area contributed by atoms with Crippen LogP contribution in [0.1, 0.15) is 72.1 Å². The van der Waals surface area contributed by atoms with Crippen molar-refractivity contribution in [2.75, 3.05) is 13.1 Å². The minimum Gasteiger partial charge on any atom is -0.409 e. The first-order chi connectivity index (χ1) is 9.11. The molecule has 0 aromatic rings. The van der Waals surface area contributed by atoms with Gasteiger partial charge in [0.05, 0.1) is 0 Å². The van der Waals surface area contributed by atoms with Crippen LogP contribution in [0, 0.1) is 0 Å². The largest absolute Gasteiger partial charge is 0.409 e. The topological polar surface area (TPSA) is 61.8 Å². The number of oxime groups is 1. The molecule has 114 valence electrons. The summed E-state index contributed by atoms with van der Waals surface area (Å²) in [7, 11) is 0. The number of hydrogen-bond donors (Lipinski definition) is 2. The number of hydrogen-bond acceptors (Lipinski definition) is 3. The molecule has 4 heteroatoms. The SMILES string of the molecule is CCCCCCCCCN(CCC(N)=NO)C(C)C. The third-order valence-electron chi connectivity index (χ3n) is 3.56. The van der Waals surface area contributed by atoms with E-state index in [2.05, 4.69) is 30.8 Å². The van der Waals surface area contributed by atoms with Gasteiger partial charge in [-0.15, -0.1) is 0 Å². The summed E-state index contributed by atoms with van der Waals surface area (Å²) < 4.78 is 0. The van der Waals surface area contributed by atoms with E-state index in [0.717, 1.165) is 13.1 Å². The fourth-order valence-corrected chi connectivity index (χ4v) is 2.21. The van der Waals surface area contributed by atoms with Crippen molar-refractivity contribution in [1.29, 1.82) is 0 Å². The summed E-state index contributed by atoms with van der Waals surface area (Å²) in [6.45, 7) is 8.65. The predicted octanol–water partition coefficient (Wildman–Crippen LogP) is 3.58. The van der Waals surface area contributed by atoms with Gasteiger partial charge in [0.2, 0.25) is 0 Å². The Hall–Kier alpha value is -0.770. The molecule has 4 nitrogen and oxygen atoms in total. The van der Waals surface area contributed by atoms with Crippen LogP contribution in [0.3, 0.4) is 0 Å². The van der Waals surface area contributed by atoms with Gasteiger partial charge in [0, 0.05) is 19.0 Å². The maximum absolute atomic E-state index is 8.55. The molecule has 0 saturated heterocycles. The second-order valence-corrected chi connectivity index (χ2v) is 5.59. The molecule has 0 saturated carbocycles. The zero-order chi connectivity index (χ0) is 14.5. The maximum Gasteiger partial charge on any atom is 0.140 e. The molecule has 0 aromatic heterocycles. The highest BCUT2D eigenvalue weighted by Gasteiger charge is 2.09. The van der Waals surface area contributed by atoms with Crippen LogP contribution in [0.2, 0.25) is 0 Å². The highest BCUT2D eigenvalue weighted by molar-refractivity contribution is 5.79. The fraction of sp³-hybridized carbons (Fsp3) is 0.933. The lowest BCUT2D eigenvalue weighted by Gasteiger charge is -2.26. The summed E-state index contributed by atoms with van der Waals surface area (Å²) in [5, 5.41) is 11.6. The van der Waals surface area contributed by atoms with E-state index in [9.17, 15) is 0 Å². The Morgan fingerprint density at radius 2 is 1.63 bits per heavy atom. The monoisotopic (exact) mass is 271 g/mol. The minimum absolute atomic E-state index is 0.324. The van der Waals surface area contributed by atoms with Gasteiger partial charge in [-0.1, -0.05) is 50.6 Å².